The number of carbonyl (C=O) groups excluding carboxylic acids is 1. The standard InChI is InChI=1S/C16H21NO4/c1-11-7-9-16(10-8-11,15(20)21)17-14(19)13(18)12-5-3-2-4-6-12/h2-6,11,13,18H,7-10H2,1H3,(H,17,19)(H,20,21). The molecule has 3 N–H and O–H groups in total. The molecular formula is C16H21NO4. The van der Waals surface area contributed by atoms with Gasteiger partial charge in [0.05, 0.1) is 0 Å². The number of aliphatic hydroxyl groups excluding tert-OH is 1. The first kappa shape index (κ1) is 15.5. The molecule has 1 atom stereocenters. The number of aliphatic carboxylic acids is 1. The molecule has 0 spiro atoms. The minimum Gasteiger partial charge on any atom is -0.480 e. The topological polar surface area (TPSA) is 86.6 Å². The van der Waals surface area contributed by atoms with E-state index in [2.05, 4.69) is 12.2 Å². The fourth-order valence-electron chi connectivity index (χ4n) is 2.74. The van der Waals surface area contributed by atoms with Crippen LogP contribution < -0.4 is 5.32 Å². The van der Waals surface area contributed by atoms with E-state index in [1.54, 1.807) is 30.3 Å². The van der Waals surface area contributed by atoms with E-state index in [4.69, 9.17) is 0 Å². The summed E-state index contributed by atoms with van der Waals surface area (Å²) in [5.74, 6) is -1.21. The zero-order chi connectivity index (χ0) is 15.5. The van der Waals surface area contributed by atoms with Crippen molar-refractivity contribution in [1.29, 1.82) is 0 Å². The molecule has 1 fully saturated rings. The number of carbonyl (C=O) groups is 2. The Kier molecular flexibility index (Phi) is 4.63. The smallest absolute Gasteiger partial charge is 0.329 e. The second-order valence-electron chi connectivity index (χ2n) is 5.87. The van der Waals surface area contributed by atoms with Crippen molar-refractivity contribution in [2.24, 2.45) is 5.92 Å². The summed E-state index contributed by atoms with van der Waals surface area (Å²) in [6.45, 7) is 2.08. The number of aliphatic hydroxyl groups is 1. The van der Waals surface area contributed by atoms with Crippen LogP contribution in [0.1, 0.15) is 44.3 Å². The molecule has 1 aromatic rings. The van der Waals surface area contributed by atoms with Crippen LogP contribution in [0.4, 0.5) is 0 Å². The summed E-state index contributed by atoms with van der Waals surface area (Å²) in [5, 5.41) is 22.1. The summed E-state index contributed by atoms with van der Waals surface area (Å²) in [7, 11) is 0. The molecule has 0 radical (unpaired) electrons. The van der Waals surface area contributed by atoms with Gasteiger partial charge in [0.2, 0.25) is 0 Å². The molecule has 1 aromatic carbocycles. The first-order chi connectivity index (χ1) is 9.94. The predicted octanol–water partition coefficient (Wildman–Crippen LogP) is 1.87. The number of hydrogen-bond acceptors (Lipinski definition) is 3. The molecule has 1 amide bonds. The number of benzene rings is 1. The van der Waals surface area contributed by atoms with E-state index >= 15 is 0 Å². The third-order valence-electron chi connectivity index (χ3n) is 4.26. The maximum atomic E-state index is 12.2. The van der Waals surface area contributed by atoms with Crippen LogP contribution in [0.5, 0.6) is 0 Å². The third kappa shape index (κ3) is 3.42. The van der Waals surface area contributed by atoms with Crippen LogP contribution >= 0.6 is 0 Å². The molecule has 21 heavy (non-hydrogen) atoms. The molecule has 1 aliphatic carbocycles. The number of carboxylic acid groups (broad SMARTS) is 1. The number of amides is 1. The van der Waals surface area contributed by atoms with Crippen molar-refractivity contribution in [1.82, 2.24) is 5.32 Å². The van der Waals surface area contributed by atoms with Gasteiger partial charge in [0.15, 0.2) is 6.10 Å². The molecular weight excluding hydrogens is 270 g/mol. The van der Waals surface area contributed by atoms with Gasteiger partial charge in [0, 0.05) is 0 Å². The lowest BCUT2D eigenvalue weighted by Gasteiger charge is -2.36. The van der Waals surface area contributed by atoms with E-state index in [1.807, 2.05) is 0 Å². The van der Waals surface area contributed by atoms with Gasteiger partial charge in [-0.1, -0.05) is 37.3 Å². The van der Waals surface area contributed by atoms with Gasteiger partial charge in [-0.05, 0) is 37.2 Å². The number of nitrogens with one attached hydrogen (secondary N) is 1. The summed E-state index contributed by atoms with van der Waals surface area (Å²) in [6.07, 6.45) is 0.969. The van der Waals surface area contributed by atoms with Gasteiger partial charge in [0.25, 0.3) is 5.91 Å². The maximum absolute atomic E-state index is 12.2. The van der Waals surface area contributed by atoms with E-state index < -0.39 is 23.5 Å². The highest BCUT2D eigenvalue weighted by Gasteiger charge is 2.43. The van der Waals surface area contributed by atoms with Crippen molar-refractivity contribution in [3.8, 4) is 0 Å². The molecule has 5 heteroatoms. The lowest BCUT2D eigenvalue weighted by Crippen LogP contribution is -2.57. The van der Waals surface area contributed by atoms with Crippen LogP contribution in [0.2, 0.25) is 0 Å². The third-order valence-corrected chi connectivity index (χ3v) is 4.26. The van der Waals surface area contributed by atoms with Crippen LogP contribution in [-0.2, 0) is 9.59 Å². The van der Waals surface area contributed by atoms with Gasteiger partial charge in [0.1, 0.15) is 5.54 Å². The lowest BCUT2D eigenvalue weighted by molar-refractivity contribution is -0.151. The van der Waals surface area contributed by atoms with E-state index in [0.717, 1.165) is 12.8 Å². The average Bonchev–Trinajstić information content (AvgIpc) is 2.49. The first-order valence-electron chi connectivity index (χ1n) is 7.23. The largest absolute Gasteiger partial charge is 0.480 e. The van der Waals surface area contributed by atoms with Gasteiger partial charge >= 0.3 is 5.97 Å². The van der Waals surface area contributed by atoms with Crippen molar-refractivity contribution < 1.29 is 19.8 Å². The van der Waals surface area contributed by atoms with E-state index in [9.17, 15) is 19.8 Å². The van der Waals surface area contributed by atoms with Crippen molar-refractivity contribution in [3.05, 3.63) is 35.9 Å². The molecule has 1 unspecified atom stereocenters. The SMILES string of the molecule is CC1CCC(NC(=O)C(O)c2ccccc2)(C(=O)O)CC1. The van der Waals surface area contributed by atoms with Gasteiger partial charge in [-0.3, -0.25) is 4.79 Å². The normalized spacial score (nSPS) is 26.9. The van der Waals surface area contributed by atoms with E-state index in [0.29, 0.717) is 24.3 Å². The molecule has 0 bridgehead atoms. The highest BCUT2D eigenvalue weighted by atomic mass is 16.4. The van der Waals surface area contributed by atoms with Crippen molar-refractivity contribution in [3.63, 3.8) is 0 Å². The second-order valence-corrected chi connectivity index (χ2v) is 5.87. The molecule has 0 aromatic heterocycles. The molecule has 0 aliphatic heterocycles. The Morgan fingerprint density at radius 3 is 2.33 bits per heavy atom. The van der Waals surface area contributed by atoms with Gasteiger partial charge < -0.3 is 15.5 Å². The fourth-order valence-corrected chi connectivity index (χ4v) is 2.74. The monoisotopic (exact) mass is 291 g/mol. The molecule has 0 heterocycles. The molecule has 1 aliphatic rings. The van der Waals surface area contributed by atoms with Gasteiger partial charge in [-0.2, -0.15) is 0 Å². The molecule has 114 valence electrons. The number of hydrogen-bond donors (Lipinski definition) is 3. The minimum atomic E-state index is -1.35. The highest BCUT2D eigenvalue weighted by Crippen LogP contribution is 2.32. The summed E-state index contributed by atoms with van der Waals surface area (Å²) in [6, 6.07) is 8.51. The van der Waals surface area contributed by atoms with Crippen molar-refractivity contribution >= 4 is 11.9 Å². The predicted molar refractivity (Wildman–Crippen MR) is 77.5 cm³/mol. The Labute approximate surface area is 124 Å². The van der Waals surface area contributed by atoms with Crippen LogP contribution in [0.15, 0.2) is 30.3 Å². The molecule has 0 saturated heterocycles. The van der Waals surface area contributed by atoms with E-state index in [1.165, 1.54) is 0 Å². The van der Waals surface area contributed by atoms with Crippen LogP contribution in [-0.4, -0.2) is 27.6 Å². The van der Waals surface area contributed by atoms with Crippen LogP contribution in [0, 0.1) is 5.92 Å². The quantitative estimate of drug-likeness (QED) is 0.790. The summed E-state index contributed by atoms with van der Waals surface area (Å²) in [5.41, 5.74) is -0.793. The molecule has 1 saturated carbocycles. The fraction of sp³-hybridized carbons (Fsp3) is 0.500. The van der Waals surface area contributed by atoms with Crippen LogP contribution in [0.25, 0.3) is 0 Å². The van der Waals surface area contributed by atoms with Crippen LogP contribution in [0.3, 0.4) is 0 Å². The second kappa shape index (κ2) is 6.26. The summed E-state index contributed by atoms with van der Waals surface area (Å²) >= 11 is 0. The summed E-state index contributed by atoms with van der Waals surface area (Å²) in [4.78, 5) is 23.8. The van der Waals surface area contributed by atoms with Gasteiger partial charge in [-0.25, -0.2) is 4.79 Å². The lowest BCUT2D eigenvalue weighted by atomic mass is 9.77. The number of rotatable bonds is 4. The zero-order valence-corrected chi connectivity index (χ0v) is 12.1. The first-order valence-corrected chi connectivity index (χ1v) is 7.23. The van der Waals surface area contributed by atoms with E-state index in [-0.39, 0.29) is 0 Å². The Morgan fingerprint density at radius 2 is 1.81 bits per heavy atom. The highest BCUT2D eigenvalue weighted by molar-refractivity contribution is 5.89. The van der Waals surface area contributed by atoms with Crippen molar-refractivity contribution in [2.45, 2.75) is 44.2 Å². The Balaban J connectivity index is 2.10. The molecule has 2 rings (SSSR count). The van der Waals surface area contributed by atoms with Gasteiger partial charge in [-0.15, -0.1) is 0 Å². The Morgan fingerprint density at radius 1 is 1.24 bits per heavy atom. The average molecular weight is 291 g/mol. The molecule has 5 nitrogen and oxygen atoms in total. The van der Waals surface area contributed by atoms with Crippen molar-refractivity contribution in [2.75, 3.05) is 0 Å². The minimum absolute atomic E-state index is 0.400. The Hall–Kier alpha value is -1.88. The Bertz CT molecular complexity index is 506. The zero-order valence-electron chi connectivity index (χ0n) is 12.1. The summed E-state index contributed by atoms with van der Waals surface area (Å²) < 4.78 is 0. The number of carboxylic acids is 1. The maximum Gasteiger partial charge on any atom is 0.329 e.